The fourth-order valence-electron chi connectivity index (χ4n) is 2.44. The van der Waals surface area contributed by atoms with Gasteiger partial charge in [-0.05, 0) is 42.8 Å². The van der Waals surface area contributed by atoms with Crippen molar-refractivity contribution in [3.8, 4) is 17.1 Å². The maximum absolute atomic E-state index is 9.72. The largest absolute Gasteiger partial charge is 0.508 e. The molecule has 3 rings (SSSR count). The smallest absolute Gasteiger partial charge is 0.142 e. The summed E-state index contributed by atoms with van der Waals surface area (Å²) in [6, 6.07) is 10.5. The predicted octanol–water partition coefficient (Wildman–Crippen LogP) is 5.13. The van der Waals surface area contributed by atoms with Gasteiger partial charge in [-0.1, -0.05) is 30.1 Å². The van der Waals surface area contributed by atoms with Gasteiger partial charge in [0.1, 0.15) is 11.6 Å². The molecule has 5 heteroatoms. The number of imidazole rings is 1. The molecule has 0 amide bonds. The van der Waals surface area contributed by atoms with E-state index in [0.29, 0.717) is 10.0 Å². The van der Waals surface area contributed by atoms with Crippen LogP contribution in [-0.2, 0) is 6.54 Å². The first-order chi connectivity index (χ1) is 10.1. The zero-order chi connectivity index (χ0) is 15.0. The third kappa shape index (κ3) is 2.59. The van der Waals surface area contributed by atoms with Gasteiger partial charge in [-0.2, -0.15) is 0 Å². The Kier molecular flexibility index (Phi) is 3.79. The Morgan fingerprint density at radius 1 is 1.14 bits per heavy atom. The normalized spacial score (nSPS) is 11.2. The Balaban J connectivity index is 2.30. The van der Waals surface area contributed by atoms with Gasteiger partial charge in [0.2, 0.25) is 0 Å². The van der Waals surface area contributed by atoms with Gasteiger partial charge in [0.25, 0.3) is 0 Å². The highest BCUT2D eigenvalue weighted by Crippen LogP contribution is 2.33. The highest BCUT2D eigenvalue weighted by molar-refractivity contribution is 6.33. The third-order valence-electron chi connectivity index (χ3n) is 3.35. The fourth-order valence-corrected chi connectivity index (χ4v) is 2.81. The molecule has 0 atom stereocenters. The van der Waals surface area contributed by atoms with Crippen LogP contribution < -0.4 is 0 Å². The number of hydrogen-bond acceptors (Lipinski definition) is 2. The van der Waals surface area contributed by atoms with E-state index >= 15 is 0 Å². The molecule has 21 heavy (non-hydrogen) atoms. The van der Waals surface area contributed by atoms with Crippen LogP contribution in [0.25, 0.3) is 22.4 Å². The zero-order valence-corrected chi connectivity index (χ0v) is 13.0. The van der Waals surface area contributed by atoms with Crippen molar-refractivity contribution in [2.45, 2.75) is 19.9 Å². The average Bonchev–Trinajstić information content (AvgIpc) is 2.80. The van der Waals surface area contributed by atoms with Gasteiger partial charge in [0.05, 0.1) is 16.1 Å². The van der Waals surface area contributed by atoms with Crippen LogP contribution in [0, 0.1) is 0 Å². The van der Waals surface area contributed by atoms with Crippen molar-refractivity contribution in [3.05, 3.63) is 46.4 Å². The first-order valence-corrected chi connectivity index (χ1v) is 7.50. The average molecular weight is 321 g/mol. The number of aromatic nitrogens is 2. The van der Waals surface area contributed by atoms with Gasteiger partial charge in [0, 0.05) is 17.1 Å². The molecule has 1 aromatic heterocycles. The van der Waals surface area contributed by atoms with E-state index in [4.69, 9.17) is 23.2 Å². The molecule has 3 nitrogen and oxygen atoms in total. The summed E-state index contributed by atoms with van der Waals surface area (Å²) < 4.78 is 2.10. The van der Waals surface area contributed by atoms with E-state index in [1.807, 2.05) is 18.2 Å². The van der Waals surface area contributed by atoms with Crippen molar-refractivity contribution in [1.82, 2.24) is 9.55 Å². The van der Waals surface area contributed by atoms with Crippen LogP contribution in [0.1, 0.15) is 13.3 Å². The van der Waals surface area contributed by atoms with Gasteiger partial charge >= 0.3 is 0 Å². The van der Waals surface area contributed by atoms with E-state index in [1.165, 1.54) is 0 Å². The summed E-state index contributed by atoms with van der Waals surface area (Å²) in [5.41, 5.74) is 2.55. The summed E-state index contributed by atoms with van der Waals surface area (Å²) in [4.78, 5) is 4.65. The maximum Gasteiger partial charge on any atom is 0.142 e. The number of aromatic hydroxyl groups is 1. The summed E-state index contributed by atoms with van der Waals surface area (Å²) >= 11 is 12.3. The number of aryl methyl sites for hydroxylation is 1. The number of phenols is 1. The van der Waals surface area contributed by atoms with Gasteiger partial charge in [0.15, 0.2) is 0 Å². The third-order valence-corrected chi connectivity index (χ3v) is 3.91. The summed E-state index contributed by atoms with van der Waals surface area (Å²) in [5.74, 6) is 0.914. The molecule has 2 aromatic carbocycles. The molecular weight excluding hydrogens is 307 g/mol. The second kappa shape index (κ2) is 5.58. The molecule has 0 fully saturated rings. The van der Waals surface area contributed by atoms with E-state index in [9.17, 15) is 5.11 Å². The minimum absolute atomic E-state index is 0.169. The maximum atomic E-state index is 9.72. The lowest BCUT2D eigenvalue weighted by Crippen LogP contribution is -2.00. The topological polar surface area (TPSA) is 38.0 Å². The molecule has 0 spiro atoms. The number of fused-ring (bicyclic) bond motifs is 1. The van der Waals surface area contributed by atoms with E-state index in [2.05, 4.69) is 16.5 Å². The molecule has 108 valence electrons. The van der Waals surface area contributed by atoms with Crippen LogP contribution in [-0.4, -0.2) is 14.7 Å². The molecule has 3 aromatic rings. The van der Waals surface area contributed by atoms with Crippen molar-refractivity contribution in [1.29, 1.82) is 0 Å². The van der Waals surface area contributed by atoms with Gasteiger partial charge < -0.3 is 9.67 Å². The number of hydrogen-bond donors (Lipinski definition) is 1. The predicted molar refractivity (Wildman–Crippen MR) is 87.1 cm³/mol. The van der Waals surface area contributed by atoms with E-state index in [0.717, 1.165) is 35.4 Å². The number of phenolic OH excluding ortho intramolecular Hbond substituents is 1. The van der Waals surface area contributed by atoms with E-state index in [-0.39, 0.29) is 5.75 Å². The Hall–Kier alpha value is -1.71. The molecule has 1 heterocycles. The van der Waals surface area contributed by atoms with Crippen LogP contribution in [0.15, 0.2) is 36.4 Å². The minimum atomic E-state index is 0.169. The van der Waals surface area contributed by atoms with Crippen LogP contribution in [0.5, 0.6) is 5.75 Å². The van der Waals surface area contributed by atoms with E-state index < -0.39 is 0 Å². The Morgan fingerprint density at radius 3 is 2.71 bits per heavy atom. The number of benzene rings is 2. The van der Waals surface area contributed by atoms with E-state index in [1.54, 1.807) is 18.2 Å². The molecule has 0 saturated heterocycles. The van der Waals surface area contributed by atoms with Gasteiger partial charge in [-0.3, -0.25) is 0 Å². The molecule has 0 radical (unpaired) electrons. The molecule has 0 aliphatic carbocycles. The second-order valence-corrected chi connectivity index (χ2v) is 5.73. The van der Waals surface area contributed by atoms with Crippen molar-refractivity contribution in [2.24, 2.45) is 0 Å². The molecule has 0 bridgehead atoms. The first-order valence-electron chi connectivity index (χ1n) is 6.75. The summed E-state index contributed by atoms with van der Waals surface area (Å²) in [7, 11) is 0. The SMILES string of the molecule is CCCn1c(-c2cc(O)ccc2Cl)nc2cc(Cl)ccc21. The lowest BCUT2D eigenvalue weighted by molar-refractivity contribution is 0.475. The Bertz CT molecular complexity index is 811. The van der Waals surface area contributed by atoms with Crippen LogP contribution in [0.2, 0.25) is 10.0 Å². The summed E-state index contributed by atoms with van der Waals surface area (Å²) in [5, 5.41) is 10.9. The van der Waals surface area contributed by atoms with Crippen molar-refractivity contribution < 1.29 is 5.11 Å². The molecule has 0 aliphatic heterocycles. The summed E-state index contributed by atoms with van der Waals surface area (Å²) in [6.45, 7) is 2.93. The lowest BCUT2D eigenvalue weighted by Gasteiger charge is -2.09. The molecule has 1 N–H and O–H groups in total. The minimum Gasteiger partial charge on any atom is -0.508 e. The monoisotopic (exact) mass is 320 g/mol. The second-order valence-electron chi connectivity index (χ2n) is 4.88. The number of nitrogens with zero attached hydrogens (tertiary/aromatic N) is 2. The van der Waals surface area contributed by atoms with Gasteiger partial charge in [-0.25, -0.2) is 4.98 Å². The van der Waals surface area contributed by atoms with Crippen molar-refractivity contribution in [2.75, 3.05) is 0 Å². The van der Waals surface area contributed by atoms with Crippen LogP contribution in [0.3, 0.4) is 0 Å². The molecule has 0 aliphatic rings. The molecular formula is C16H14Cl2N2O. The number of rotatable bonds is 3. The van der Waals surface area contributed by atoms with Crippen molar-refractivity contribution >= 4 is 34.2 Å². The zero-order valence-electron chi connectivity index (χ0n) is 11.5. The lowest BCUT2D eigenvalue weighted by atomic mass is 10.2. The summed E-state index contributed by atoms with van der Waals surface area (Å²) in [6.07, 6.45) is 0.970. The number of halogens is 2. The Labute approximate surface area is 132 Å². The molecule has 0 saturated carbocycles. The quantitative estimate of drug-likeness (QED) is 0.726. The fraction of sp³-hybridized carbons (Fsp3) is 0.188. The standard InChI is InChI=1S/C16H14Cl2N2O/c1-2-7-20-15-6-3-10(17)8-14(15)19-16(20)12-9-11(21)4-5-13(12)18/h3-6,8-9,21H,2,7H2,1H3. The first kappa shape index (κ1) is 14.2. The van der Waals surface area contributed by atoms with Crippen LogP contribution in [0.4, 0.5) is 0 Å². The van der Waals surface area contributed by atoms with Crippen molar-refractivity contribution in [3.63, 3.8) is 0 Å². The highest BCUT2D eigenvalue weighted by Gasteiger charge is 2.15. The molecule has 0 unspecified atom stereocenters. The van der Waals surface area contributed by atoms with Gasteiger partial charge in [-0.15, -0.1) is 0 Å². The Morgan fingerprint density at radius 2 is 1.95 bits per heavy atom. The highest BCUT2D eigenvalue weighted by atomic mass is 35.5. The van der Waals surface area contributed by atoms with Crippen LogP contribution >= 0.6 is 23.2 Å².